The van der Waals surface area contributed by atoms with E-state index in [1.54, 1.807) is 10.5 Å². The van der Waals surface area contributed by atoms with Crippen LogP contribution in [0, 0.1) is 5.92 Å². The van der Waals surface area contributed by atoms with Gasteiger partial charge in [0.25, 0.3) is 0 Å². The Bertz CT molecular complexity index is 1360. The van der Waals surface area contributed by atoms with Crippen LogP contribution in [0.15, 0.2) is 59.9 Å². The summed E-state index contributed by atoms with van der Waals surface area (Å²) in [5.41, 5.74) is 8.67. The molecule has 1 aromatic heterocycles. The Hall–Kier alpha value is -2.58. The van der Waals surface area contributed by atoms with E-state index >= 15 is 0 Å². The number of rotatable bonds is 0. The molecular formula is C28H24OS. The van der Waals surface area contributed by atoms with E-state index in [1.807, 2.05) is 11.3 Å². The number of ether oxygens (including phenoxy) is 1. The maximum absolute atomic E-state index is 6.36. The van der Waals surface area contributed by atoms with Crippen molar-refractivity contribution in [1.29, 1.82) is 0 Å². The van der Waals surface area contributed by atoms with Crippen molar-refractivity contribution >= 4 is 33.1 Å². The second kappa shape index (κ2) is 5.56. The van der Waals surface area contributed by atoms with Gasteiger partial charge in [0.2, 0.25) is 0 Å². The molecule has 0 fully saturated rings. The highest BCUT2D eigenvalue weighted by Gasteiger charge is 2.47. The van der Waals surface area contributed by atoms with Crippen molar-refractivity contribution in [3.05, 3.63) is 87.0 Å². The average molecular weight is 409 g/mol. The topological polar surface area (TPSA) is 9.23 Å². The third kappa shape index (κ3) is 2.03. The average Bonchev–Trinajstić information content (AvgIpc) is 3.32. The lowest BCUT2D eigenvalue weighted by Crippen LogP contribution is -2.25. The predicted molar refractivity (Wildman–Crippen MR) is 126 cm³/mol. The molecule has 1 aliphatic heterocycles. The normalized spacial score (nSPS) is 27.9. The lowest BCUT2D eigenvalue weighted by Gasteiger charge is -2.30. The Balaban J connectivity index is 1.40. The number of hydrogen-bond acceptors (Lipinski definition) is 2. The maximum atomic E-state index is 6.36. The highest BCUT2D eigenvalue weighted by molar-refractivity contribution is 7.19. The molecule has 3 aromatic rings. The zero-order valence-electron chi connectivity index (χ0n) is 17.6. The summed E-state index contributed by atoms with van der Waals surface area (Å²) in [7, 11) is 0. The van der Waals surface area contributed by atoms with Gasteiger partial charge >= 0.3 is 0 Å². The molecule has 3 unspecified atom stereocenters. The second-order valence-corrected chi connectivity index (χ2v) is 10.8. The molecule has 3 aliphatic carbocycles. The van der Waals surface area contributed by atoms with Crippen LogP contribution in [0.25, 0.3) is 21.7 Å². The first-order valence-corrected chi connectivity index (χ1v) is 11.8. The molecule has 2 heterocycles. The Morgan fingerprint density at radius 2 is 2.00 bits per heavy atom. The molecule has 0 amide bonds. The van der Waals surface area contributed by atoms with Crippen molar-refractivity contribution in [2.24, 2.45) is 5.92 Å². The minimum atomic E-state index is -0.0405. The van der Waals surface area contributed by atoms with Gasteiger partial charge in [0.15, 0.2) is 0 Å². The van der Waals surface area contributed by atoms with Crippen molar-refractivity contribution in [3.8, 4) is 5.75 Å². The van der Waals surface area contributed by atoms with Crippen molar-refractivity contribution in [3.63, 3.8) is 0 Å². The van der Waals surface area contributed by atoms with Crippen LogP contribution >= 0.6 is 11.3 Å². The van der Waals surface area contributed by atoms with Gasteiger partial charge in [-0.2, -0.15) is 0 Å². The smallest absolute Gasteiger partial charge is 0.131 e. The van der Waals surface area contributed by atoms with Crippen LogP contribution in [-0.4, -0.2) is 0 Å². The van der Waals surface area contributed by atoms with Gasteiger partial charge < -0.3 is 4.74 Å². The number of hydrogen-bond donors (Lipinski definition) is 0. The van der Waals surface area contributed by atoms with E-state index in [9.17, 15) is 0 Å². The molecule has 0 radical (unpaired) electrons. The molecule has 2 aromatic carbocycles. The molecular weight excluding hydrogens is 384 g/mol. The van der Waals surface area contributed by atoms with Gasteiger partial charge in [-0.25, -0.2) is 0 Å². The SMILES string of the molecule is CC1C=Cc2c(sc3cc4c(cc23)C(C)C2=C4C=C3Oc4ccccc4C3(C)C2)C1. The number of allylic oxidation sites excluding steroid dienone is 5. The van der Waals surface area contributed by atoms with Gasteiger partial charge in [0, 0.05) is 26.4 Å². The van der Waals surface area contributed by atoms with E-state index in [1.165, 1.54) is 44.3 Å². The summed E-state index contributed by atoms with van der Waals surface area (Å²) in [6.07, 6.45) is 9.30. The number of benzene rings is 2. The molecule has 2 heteroatoms. The summed E-state index contributed by atoms with van der Waals surface area (Å²) in [6, 6.07) is 13.5. The first-order chi connectivity index (χ1) is 14.5. The first kappa shape index (κ1) is 17.1. The molecule has 0 N–H and O–H groups in total. The molecule has 30 heavy (non-hydrogen) atoms. The Kier molecular flexibility index (Phi) is 3.18. The van der Waals surface area contributed by atoms with Crippen LogP contribution in [0.4, 0.5) is 0 Å². The third-order valence-electron chi connectivity index (χ3n) is 7.76. The maximum Gasteiger partial charge on any atom is 0.131 e. The highest BCUT2D eigenvalue weighted by Crippen LogP contribution is 2.58. The monoisotopic (exact) mass is 408 g/mol. The minimum absolute atomic E-state index is 0.0405. The van der Waals surface area contributed by atoms with E-state index in [4.69, 9.17) is 4.74 Å². The van der Waals surface area contributed by atoms with Crippen molar-refractivity contribution in [1.82, 2.24) is 0 Å². The van der Waals surface area contributed by atoms with Gasteiger partial charge in [-0.05, 0) is 72.2 Å². The first-order valence-electron chi connectivity index (χ1n) is 11.0. The summed E-state index contributed by atoms with van der Waals surface area (Å²) in [5, 5.41) is 1.45. The molecule has 148 valence electrons. The van der Waals surface area contributed by atoms with E-state index < -0.39 is 0 Å². The van der Waals surface area contributed by atoms with Crippen LogP contribution in [0.3, 0.4) is 0 Å². The van der Waals surface area contributed by atoms with Gasteiger partial charge in [-0.15, -0.1) is 11.3 Å². The zero-order valence-corrected chi connectivity index (χ0v) is 18.4. The standard InChI is InChI=1S/C28H24OS/c1-15-8-9-17-21-11-18-16(2)22-14-28(3)23-6-4-5-7-24(23)29-27(28)13-20(22)19(18)12-26(21)30-25(17)10-15/h4-9,11-13,15-16H,10,14H2,1-3H3. The molecule has 0 spiro atoms. The van der Waals surface area contributed by atoms with E-state index in [2.05, 4.69) is 75.4 Å². The fraction of sp³-hybridized carbons (Fsp3) is 0.286. The highest BCUT2D eigenvalue weighted by atomic mass is 32.1. The number of fused-ring (bicyclic) bond motifs is 8. The van der Waals surface area contributed by atoms with E-state index in [0.29, 0.717) is 11.8 Å². The molecule has 7 rings (SSSR count). The van der Waals surface area contributed by atoms with Crippen LogP contribution in [-0.2, 0) is 11.8 Å². The minimum Gasteiger partial charge on any atom is -0.460 e. The predicted octanol–water partition coefficient (Wildman–Crippen LogP) is 7.62. The number of para-hydroxylation sites is 1. The molecule has 4 aliphatic rings. The fourth-order valence-electron chi connectivity index (χ4n) is 6.05. The lowest BCUT2D eigenvalue weighted by molar-refractivity contribution is 0.372. The lowest BCUT2D eigenvalue weighted by atomic mass is 9.71. The Morgan fingerprint density at radius 3 is 2.90 bits per heavy atom. The van der Waals surface area contributed by atoms with Gasteiger partial charge in [-0.1, -0.05) is 49.8 Å². The van der Waals surface area contributed by atoms with Gasteiger partial charge in [-0.3, -0.25) is 0 Å². The van der Waals surface area contributed by atoms with Crippen LogP contribution < -0.4 is 4.74 Å². The zero-order chi connectivity index (χ0) is 20.2. The van der Waals surface area contributed by atoms with Gasteiger partial charge in [0.05, 0.1) is 5.41 Å². The number of thiophene rings is 1. The summed E-state index contributed by atoms with van der Waals surface area (Å²) >= 11 is 1.99. The molecule has 0 saturated carbocycles. The quantitative estimate of drug-likeness (QED) is 0.372. The van der Waals surface area contributed by atoms with Crippen LogP contribution in [0.2, 0.25) is 0 Å². The third-order valence-corrected chi connectivity index (χ3v) is 8.95. The van der Waals surface area contributed by atoms with Crippen LogP contribution in [0.1, 0.15) is 60.2 Å². The van der Waals surface area contributed by atoms with Crippen molar-refractivity contribution < 1.29 is 4.74 Å². The largest absolute Gasteiger partial charge is 0.460 e. The Labute approximate surface area is 181 Å². The van der Waals surface area contributed by atoms with E-state index in [-0.39, 0.29) is 5.41 Å². The summed E-state index contributed by atoms with van der Waals surface area (Å²) < 4.78 is 7.79. The van der Waals surface area contributed by atoms with Gasteiger partial charge in [0.1, 0.15) is 11.5 Å². The summed E-state index contributed by atoms with van der Waals surface area (Å²) in [6.45, 7) is 7.06. The molecule has 3 atom stereocenters. The summed E-state index contributed by atoms with van der Waals surface area (Å²) in [5.74, 6) is 3.25. The fourth-order valence-corrected chi connectivity index (χ4v) is 7.40. The Morgan fingerprint density at radius 1 is 1.13 bits per heavy atom. The second-order valence-electron chi connectivity index (χ2n) is 9.69. The molecule has 0 saturated heterocycles. The van der Waals surface area contributed by atoms with Crippen molar-refractivity contribution in [2.45, 2.75) is 44.9 Å². The van der Waals surface area contributed by atoms with Crippen LogP contribution in [0.5, 0.6) is 5.75 Å². The molecule has 0 bridgehead atoms. The molecule has 1 nitrogen and oxygen atoms in total. The van der Waals surface area contributed by atoms with Crippen molar-refractivity contribution in [2.75, 3.05) is 0 Å². The van der Waals surface area contributed by atoms with E-state index in [0.717, 1.165) is 17.9 Å². The summed E-state index contributed by atoms with van der Waals surface area (Å²) in [4.78, 5) is 1.55.